The molecule has 1 heterocycles. The van der Waals surface area contributed by atoms with Gasteiger partial charge in [0.15, 0.2) is 14.1 Å². The summed E-state index contributed by atoms with van der Waals surface area (Å²) in [6.45, 7) is 23.1. The van der Waals surface area contributed by atoms with Gasteiger partial charge in [0.1, 0.15) is 6.42 Å². The number of carbonyl (C=O) groups is 1. The van der Waals surface area contributed by atoms with Crippen LogP contribution in [0.3, 0.4) is 0 Å². The van der Waals surface area contributed by atoms with Crippen LogP contribution in [-0.4, -0.2) is 47.2 Å². The maximum absolute atomic E-state index is 11.8. The van der Waals surface area contributed by atoms with Crippen LogP contribution in [0.1, 0.15) is 112 Å². The van der Waals surface area contributed by atoms with Crippen molar-refractivity contribution in [1.82, 2.24) is 20.2 Å². The molecule has 4 aliphatic rings. The zero-order chi connectivity index (χ0) is 31.2. The van der Waals surface area contributed by atoms with E-state index < -0.39 is 8.32 Å². The molecule has 0 radical (unpaired) electrons. The highest BCUT2D eigenvalue weighted by atomic mass is 28.4. The summed E-state index contributed by atoms with van der Waals surface area (Å²) in [5, 5.41) is 12.7. The third-order valence-corrected chi connectivity index (χ3v) is 14.0. The van der Waals surface area contributed by atoms with Gasteiger partial charge in [-0.15, -0.1) is 10.2 Å². The van der Waals surface area contributed by atoms with Gasteiger partial charge in [0, 0.05) is 0 Å². The Hall–Kier alpha value is -1.28. The number of esters is 1. The summed E-state index contributed by atoms with van der Waals surface area (Å²) < 4.78 is 12.4. The summed E-state index contributed by atoms with van der Waals surface area (Å²) in [4.78, 5) is 13.4. The van der Waals surface area contributed by atoms with Crippen molar-refractivity contribution >= 4 is 14.3 Å². The molecular weight excluding hydrogens is 552 g/mol. The second-order valence-corrected chi connectivity index (χ2v) is 21.1. The molecule has 0 unspecified atom stereocenters. The van der Waals surface area contributed by atoms with Crippen LogP contribution in [-0.2, 0) is 26.9 Å². The highest BCUT2D eigenvalue weighted by Crippen LogP contribution is 2.70. The van der Waals surface area contributed by atoms with E-state index in [1.165, 1.54) is 57.8 Å². The molecule has 4 aliphatic carbocycles. The smallest absolute Gasteiger partial charge is 0.313 e. The lowest BCUT2D eigenvalue weighted by atomic mass is 9.41. The van der Waals surface area contributed by atoms with Crippen molar-refractivity contribution in [3.8, 4) is 0 Å². The second kappa shape index (κ2) is 12.8. The van der Waals surface area contributed by atoms with Crippen LogP contribution in [0.15, 0.2) is 0 Å². The van der Waals surface area contributed by atoms with Crippen molar-refractivity contribution in [2.45, 2.75) is 144 Å². The van der Waals surface area contributed by atoms with E-state index in [4.69, 9.17) is 9.16 Å². The summed E-state index contributed by atoms with van der Waals surface area (Å²) in [5.41, 5.74) is 0.891. The Morgan fingerprint density at radius 3 is 2.47 bits per heavy atom. The van der Waals surface area contributed by atoms with E-state index in [2.05, 4.69) is 69.7 Å². The zero-order valence-corrected chi connectivity index (χ0v) is 29.9. The molecule has 0 amide bonds. The Bertz CT molecular complexity index is 1110. The first-order valence-corrected chi connectivity index (χ1v) is 21.3. The predicted molar refractivity (Wildman–Crippen MR) is 174 cm³/mol. The van der Waals surface area contributed by atoms with E-state index in [9.17, 15) is 4.79 Å². The van der Waals surface area contributed by atoms with E-state index in [0.717, 1.165) is 48.5 Å². The van der Waals surface area contributed by atoms with Gasteiger partial charge in [-0.2, -0.15) is 4.80 Å². The number of rotatable bonds is 11. The summed E-state index contributed by atoms with van der Waals surface area (Å²) in [7, 11) is -1.69. The molecule has 0 aliphatic heterocycles. The van der Waals surface area contributed by atoms with Crippen LogP contribution < -0.4 is 0 Å². The van der Waals surface area contributed by atoms with E-state index in [0.29, 0.717) is 41.2 Å². The van der Waals surface area contributed by atoms with E-state index in [-0.39, 0.29) is 12.4 Å². The largest absolute Gasteiger partial charge is 0.466 e. The van der Waals surface area contributed by atoms with Gasteiger partial charge in [0.05, 0.1) is 19.3 Å². The van der Waals surface area contributed by atoms with Gasteiger partial charge in [0.25, 0.3) is 0 Å². The molecule has 5 rings (SSSR count). The maximum Gasteiger partial charge on any atom is 0.313 e. The summed E-state index contributed by atoms with van der Waals surface area (Å²) >= 11 is 0. The number of hydrogen-bond donors (Lipinski definition) is 0. The number of fused-ring (bicyclic) bond motifs is 5. The van der Waals surface area contributed by atoms with Crippen molar-refractivity contribution in [2.24, 2.45) is 58.2 Å². The van der Waals surface area contributed by atoms with Crippen molar-refractivity contribution in [2.75, 3.05) is 6.61 Å². The molecule has 11 atom stereocenters. The molecule has 0 aromatic carbocycles. The molecule has 0 spiro atoms. The highest BCUT2D eigenvalue weighted by molar-refractivity contribution is 6.69. The van der Waals surface area contributed by atoms with Crippen molar-refractivity contribution < 1.29 is 14.0 Å². The number of ether oxygens (including phenoxy) is 1. The molecular formula is C35H62N4O3Si. The average Bonchev–Trinajstić information content (AvgIpc) is 3.52. The lowest BCUT2D eigenvalue weighted by molar-refractivity contribution is -0.193. The summed E-state index contributed by atoms with van der Waals surface area (Å²) in [6, 6.07) is 0. The molecule has 1 aromatic rings. The summed E-state index contributed by atoms with van der Waals surface area (Å²) in [6.07, 6.45) is 13.8. The van der Waals surface area contributed by atoms with Crippen LogP contribution >= 0.6 is 0 Å². The summed E-state index contributed by atoms with van der Waals surface area (Å²) in [5.74, 6) is 6.33. The molecule has 244 valence electrons. The molecule has 0 saturated heterocycles. The van der Waals surface area contributed by atoms with Crippen LogP contribution in [0.4, 0.5) is 0 Å². The molecule has 1 aromatic heterocycles. The molecule has 8 heteroatoms. The minimum absolute atomic E-state index is 0.0916. The number of aromatic nitrogens is 4. The number of nitrogens with zero attached hydrogens (tertiary/aromatic N) is 4. The number of aryl methyl sites for hydroxylation is 1. The minimum atomic E-state index is -1.69. The Kier molecular flexibility index (Phi) is 9.88. The fourth-order valence-corrected chi connectivity index (χ4v) is 12.4. The minimum Gasteiger partial charge on any atom is -0.466 e. The first kappa shape index (κ1) is 33.1. The fraction of sp³-hybridized carbons (Fsp3) is 0.943. The Labute approximate surface area is 263 Å². The monoisotopic (exact) mass is 614 g/mol. The molecule has 7 nitrogen and oxygen atoms in total. The topological polar surface area (TPSA) is 79.1 Å². The number of hydrogen-bond acceptors (Lipinski definition) is 6. The Balaban J connectivity index is 1.30. The van der Waals surface area contributed by atoms with Crippen molar-refractivity contribution in [3.63, 3.8) is 0 Å². The Morgan fingerprint density at radius 2 is 1.77 bits per heavy atom. The lowest BCUT2D eigenvalue weighted by Gasteiger charge is -2.66. The van der Waals surface area contributed by atoms with Gasteiger partial charge in [-0.3, -0.25) is 4.79 Å². The van der Waals surface area contributed by atoms with Gasteiger partial charge in [0.2, 0.25) is 0 Å². The fourth-order valence-electron chi connectivity index (χ4n) is 11.2. The van der Waals surface area contributed by atoms with Crippen molar-refractivity contribution in [3.05, 3.63) is 5.82 Å². The third kappa shape index (κ3) is 6.52. The SMILES string of the molecule is CCOC(=O)Cc1nnn(CCC[C@@H](C)[C@H]2CC[C@H]3[C@@H]4[C@H](O[Si](C)(C)C)[C@H](CC)[C@@H]5C[C@H](C)CC[C@]5(C)[C@H]4CC[C@]23C)n1. The predicted octanol–water partition coefficient (Wildman–Crippen LogP) is 7.96. The first-order valence-electron chi connectivity index (χ1n) is 17.9. The maximum atomic E-state index is 11.8. The molecule has 0 bridgehead atoms. The highest BCUT2D eigenvalue weighted by Gasteiger charge is 2.65. The Morgan fingerprint density at radius 1 is 1.05 bits per heavy atom. The number of tetrazole rings is 1. The van der Waals surface area contributed by atoms with Gasteiger partial charge in [-0.25, -0.2) is 0 Å². The number of carbonyl (C=O) groups excluding carboxylic acids is 1. The van der Waals surface area contributed by atoms with Crippen LogP contribution in [0.2, 0.25) is 19.6 Å². The standard InChI is InChI=1S/C35H62N4O3Si/c1-10-25-29-21-23(3)16-18-35(29,6)28-17-19-34(5)26(14-15-27(34)32(28)33(25)42-43(7,8)9)24(4)13-12-20-39-37-30(36-38-39)22-31(40)41-11-2/h23-29,32-33H,10-22H2,1-9H3/t23-,24-,25-,26-,27+,28+,29+,32+,33-,34-,35-/m1/s1. The van der Waals surface area contributed by atoms with Gasteiger partial charge in [-0.1, -0.05) is 47.5 Å². The zero-order valence-electron chi connectivity index (χ0n) is 28.9. The van der Waals surface area contributed by atoms with Crippen LogP contribution in [0, 0.1) is 58.2 Å². The van der Waals surface area contributed by atoms with Gasteiger partial charge < -0.3 is 9.16 Å². The average molecular weight is 615 g/mol. The molecule has 4 fully saturated rings. The lowest BCUT2D eigenvalue weighted by Crippen LogP contribution is -2.63. The van der Waals surface area contributed by atoms with Gasteiger partial charge in [-0.05, 0) is 141 Å². The van der Waals surface area contributed by atoms with Gasteiger partial charge >= 0.3 is 5.97 Å². The molecule has 43 heavy (non-hydrogen) atoms. The van der Waals surface area contributed by atoms with Crippen LogP contribution in [0.25, 0.3) is 0 Å². The third-order valence-electron chi connectivity index (χ3n) is 13.0. The first-order chi connectivity index (χ1) is 20.3. The van der Waals surface area contributed by atoms with E-state index in [1.807, 2.05) is 6.92 Å². The van der Waals surface area contributed by atoms with E-state index in [1.54, 1.807) is 4.80 Å². The molecule has 4 saturated carbocycles. The van der Waals surface area contributed by atoms with Crippen LogP contribution in [0.5, 0.6) is 0 Å². The quantitative estimate of drug-likeness (QED) is 0.186. The second-order valence-electron chi connectivity index (χ2n) is 16.7. The molecule has 0 N–H and O–H groups in total. The normalized spacial score (nSPS) is 39.9. The van der Waals surface area contributed by atoms with E-state index >= 15 is 0 Å². The van der Waals surface area contributed by atoms with Crippen molar-refractivity contribution in [1.29, 1.82) is 0 Å².